The van der Waals surface area contributed by atoms with Gasteiger partial charge < -0.3 is 9.46 Å². The van der Waals surface area contributed by atoms with Gasteiger partial charge in [-0.2, -0.15) is 0 Å². The first kappa shape index (κ1) is 16.8. The highest BCUT2D eigenvalue weighted by Gasteiger charge is 2.30. The molecule has 0 aliphatic carbocycles. The van der Waals surface area contributed by atoms with Gasteiger partial charge in [0, 0.05) is 17.9 Å². The van der Waals surface area contributed by atoms with Crippen LogP contribution in [-0.4, -0.2) is 11.9 Å². The fourth-order valence-corrected chi connectivity index (χ4v) is 3.32. The van der Waals surface area contributed by atoms with Crippen molar-refractivity contribution in [1.82, 2.24) is 0 Å². The first-order valence-corrected chi connectivity index (χ1v) is 8.85. The van der Waals surface area contributed by atoms with Crippen LogP contribution in [-0.2, 0) is 0 Å². The smallest absolute Gasteiger partial charge is 0.150 e. The second-order valence-electron chi connectivity index (χ2n) is 6.31. The summed E-state index contributed by atoms with van der Waals surface area (Å²) in [6, 6.07) is 7.92. The molecule has 0 radical (unpaired) electrons. The molecule has 2 aromatic carbocycles. The maximum atomic E-state index is 14.7. The van der Waals surface area contributed by atoms with Crippen molar-refractivity contribution in [2.24, 2.45) is 0 Å². The highest BCUT2D eigenvalue weighted by atomic mass is 32.2. The minimum Gasteiger partial charge on any atom is -0.483 e. The zero-order chi connectivity index (χ0) is 17.5. The van der Waals surface area contributed by atoms with E-state index in [-0.39, 0.29) is 11.6 Å². The summed E-state index contributed by atoms with van der Waals surface area (Å²) in [7, 11) is 0. The van der Waals surface area contributed by atoms with Gasteiger partial charge >= 0.3 is 0 Å². The van der Waals surface area contributed by atoms with Crippen LogP contribution in [0.25, 0.3) is 5.57 Å². The van der Waals surface area contributed by atoms with Gasteiger partial charge in [0.05, 0.1) is 5.69 Å². The lowest BCUT2D eigenvalue weighted by Gasteiger charge is -2.33. The van der Waals surface area contributed by atoms with Crippen LogP contribution in [0, 0.1) is 18.6 Å². The lowest BCUT2D eigenvalue weighted by atomic mass is 9.87. The Balaban J connectivity index is 2.23. The maximum absolute atomic E-state index is 14.7. The minimum absolute atomic E-state index is 0.298. The molecular formula is C19H19F2NOS. The Morgan fingerprint density at radius 3 is 2.42 bits per heavy atom. The van der Waals surface area contributed by atoms with Gasteiger partial charge in [-0.3, -0.25) is 0 Å². The Morgan fingerprint density at radius 2 is 1.79 bits per heavy atom. The van der Waals surface area contributed by atoms with Crippen LogP contribution in [0.15, 0.2) is 36.4 Å². The van der Waals surface area contributed by atoms with Gasteiger partial charge in [-0.05, 0) is 55.7 Å². The summed E-state index contributed by atoms with van der Waals surface area (Å²) in [6.45, 7) is 5.62. The molecule has 24 heavy (non-hydrogen) atoms. The molecule has 0 fully saturated rings. The third-order valence-corrected chi connectivity index (χ3v) is 4.39. The van der Waals surface area contributed by atoms with E-state index in [9.17, 15) is 8.78 Å². The van der Waals surface area contributed by atoms with E-state index >= 15 is 0 Å². The summed E-state index contributed by atoms with van der Waals surface area (Å²) in [6.07, 6.45) is 3.79. The van der Waals surface area contributed by atoms with Crippen molar-refractivity contribution in [3.63, 3.8) is 0 Å². The van der Waals surface area contributed by atoms with E-state index in [0.717, 1.165) is 11.1 Å². The summed E-state index contributed by atoms with van der Waals surface area (Å²) >= 11 is 1.33. The van der Waals surface area contributed by atoms with Gasteiger partial charge in [-0.25, -0.2) is 8.78 Å². The van der Waals surface area contributed by atoms with E-state index in [1.807, 2.05) is 26.2 Å². The Kier molecular flexibility index (Phi) is 4.30. The predicted octanol–water partition coefficient (Wildman–Crippen LogP) is 5.57. The number of anilines is 1. The van der Waals surface area contributed by atoms with Crippen molar-refractivity contribution in [3.05, 3.63) is 64.7 Å². The molecule has 1 heterocycles. The highest BCUT2D eigenvalue weighted by molar-refractivity contribution is 7.99. The van der Waals surface area contributed by atoms with E-state index in [1.165, 1.54) is 24.1 Å². The third kappa shape index (κ3) is 3.00. The van der Waals surface area contributed by atoms with Crippen molar-refractivity contribution in [2.45, 2.75) is 26.4 Å². The van der Waals surface area contributed by atoms with Crippen molar-refractivity contribution in [1.29, 1.82) is 0 Å². The molecule has 0 saturated heterocycles. The summed E-state index contributed by atoms with van der Waals surface area (Å²) in [5, 5.41) is 0. The molecule has 5 heteroatoms. The molecule has 2 aromatic rings. The Bertz CT molecular complexity index is 813. The second kappa shape index (κ2) is 6.13. The van der Waals surface area contributed by atoms with Gasteiger partial charge in [0.25, 0.3) is 0 Å². The SMILES string of the molecule is CSNc1cc2c(c(C)c1F)C(c1ccc(F)cc1)=CC(C)(C)O2. The molecule has 0 amide bonds. The summed E-state index contributed by atoms with van der Waals surface area (Å²) < 4.78 is 37.0. The molecule has 1 N–H and O–H groups in total. The van der Waals surface area contributed by atoms with Crippen LogP contribution in [0.5, 0.6) is 5.75 Å². The van der Waals surface area contributed by atoms with Crippen LogP contribution in [0.3, 0.4) is 0 Å². The highest BCUT2D eigenvalue weighted by Crippen LogP contribution is 2.44. The summed E-state index contributed by atoms with van der Waals surface area (Å²) in [4.78, 5) is 0. The molecular weight excluding hydrogens is 328 g/mol. The monoisotopic (exact) mass is 347 g/mol. The Labute approximate surface area is 145 Å². The molecule has 0 spiro atoms. The molecule has 0 unspecified atom stereocenters. The normalized spacial score (nSPS) is 15.3. The molecule has 126 valence electrons. The van der Waals surface area contributed by atoms with Gasteiger partial charge in [0.1, 0.15) is 17.2 Å². The van der Waals surface area contributed by atoms with E-state index in [0.29, 0.717) is 22.6 Å². The van der Waals surface area contributed by atoms with Gasteiger partial charge in [-0.15, -0.1) is 0 Å². The second-order valence-corrected chi connectivity index (χ2v) is 6.93. The maximum Gasteiger partial charge on any atom is 0.150 e. The Morgan fingerprint density at radius 1 is 1.12 bits per heavy atom. The number of halogens is 2. The van der Waals surface area contributed by atoms with Gasteiger partial charge in [-0.1, -0.05) is 24.1 Å². The molecule has 3 rings (SSSR count). The molecule has 1 aliphatic rings. The number of nitrogens with one attached hydrogen (secondary N) is 1. The molecule has 0 atom stereocenters. The standard InChI is InChI=1S/C19H19F2NOS/c1-11-17-14(12-5-7-13(20)8-6-12)10-19(2,3)23-16(17)9-15(18(11)21)22-24-4/h5-10,22H,1-4H3. The van der Waals surface area contributed by atoms with Crippen LogP contribution in [0.1, 0.15) is 30.5 Å². The Hall–Kier alpha value is -2.01. The fourth-order valence-electron chi connectivity index (χ4n) is 2.95. The van der Waals surface area contributed by atoms with E-state index in [4.69, 9.17) is 4.74 Å². The largest absolute Gasteiger partial charge is 0.483 e. The first-order chi connectivity index (χ1) is 11.3. The number of benzene rings is 2. The lowest BCUT2D eigenvalue weighted by molar-refractivity contribution is 0.158. The number of hydrogen-bond acceptors (Lipinski definition) is 3. The molecule has 0 aromatic heterocycles. The van der Waals surface area contributed by atoms with Crippen molar-refractivity contribution in [3.8, 4) is 5.75 Å². The zero-order valence-corrected chi connectivity index (χ0v) is 14.9. The molecule has 1 aliphatic heterocycles. The quantitative estimate of drug-likeness (QED) is 0.734. The molecule has 0 bridgehead atoms. The van der Waals surface area contributed by atoms with Crippen LogP contribution >= 0.6 is 11.9 Å². The molecule has 0 saturated carbocycles. The number of fused-ring (bicyclic) bond motifs is 1. The summed E-state index contributed by atoms with van der Waals surface area (Å²) in [5.74, 6) is 0.0185. The average molecular weight is 347 g/mol. The fraction of sp³-hybridized carbons (Fsp3) is 0.263. The number of hydrogen-bond donors (Lipinski definition) is 1. The average Bonchev–Trinajstić information content (AvgIpc) is 2.51. The lowest BCUT2D eigenvalue weighted by Crippen LogP contribution is -2.29. The summed E-state index contributed by atoms with van der Waals surface area (Å²) in [5.41, 5.74) is 2.77. The zero-order valence-electron chi connectivity index (χ0n) is 14.0. The number of rotatable bonds is 3. The van der Waals surface area contributed by atoms with Crippen molar-refractivity contribution >= 4 is 23.2 Å². The van der Waals surface area contributed by atoms with E-state index in [2.05, 4.69) is 4.72 Å². The van der Waals surface area contributed by atoms with Gasteiger partial charge in [0.2, 0.25) is 0 Å². The first-order valence-electron chi connectivity index (χ1n) is 7.62. The van der Waals surface area contributed by atoms with Crippen molar-refractivity contribution < 1.29 is 13.5 Å². The van der Waals surface area contributed by atoms with E-state index in [1.54, 1.807) is 25.1 Å². The molecule has 2 nitrogen and oxygen atoms in total. The van der Waals surface area contributed by atoms with Crippen molar-refractivity contribution in [2.75, 3.05) is 11.0 Å². The van der Waals surface area contributed by atoms with Crippen LogP contribution in [0.4, 0.5) is 14.5 Å². The van der Waals surface area contributed by atoms with E-state index < -0.39 is 5.60 Å². The minimum atomic E-state index is -0.544. The van der Waals surface area contributed by atoms with Gasteiger partial charge in [0.15, 0.2) is 5.82 Å². The predicted molar refractivity (Wildman–Crippen MR) is 96.5 cm³/mol. The van der Waals surface area contributed by atoms with Crippen LogP contribution in [0.2, 0.25) is 0 Å². The third-order valence-electron chi connectivity index (χ3n) is 3.96. The topological polar surface area (TPSA) is 21.3 Å². The van der Waals surface area contributed by atoms with Crippen LogP contribution < -0.4 is 9.46 Å². The number of ether oxygens (including phenoxy) is 1.